The van der Waals surface area contributed by atoms with Crippen molar-refractivity contribution in [1.82, 2.24) is 19.5 Å². The van der Waals surface area contributed by atoms with Crippen molar-refractivity contribution in [2.75, 3.05) is 0 Å². The van der Waals surface area contributed by atoms with Gasteiger partial charge in [0.05, 0.1) is 16.9 Å². The summed E-state index contributed by atoms with van der Waals surface area (Å²) in [6.45, 7) is 7.65. The Morgan fingerprint density at radius 3 is 2.45 bits per heavy atom. The molecule has 2 heterocycles. The van der Waals surface area contributed by atoms with E-state index in [2.05, 4.69) is 14.8 Å². The summed E-state index contributed by atoms with van der Waals surface area (Å²) in [6.07, 6.45) is 2.52. The maximum Gasteiger partial charge on any atom is 0.277 e. The van der Waals surface area contributed by atoms with Gasteiger partial charge in [0.25, 0.3) is 15.9 Å². The number of nitrogens with one attached hydrogen (secondary N) is 1. The van der Waals surface area contributed by atoms with Gasteiger partial charge in [0, 0.05) is 18.7 Å². The fraction of sp³-hybridized carbons (Fsp3) is 0.462. The maximum atomic E-state index is 12.3. The third kappa shape index (κ3) is 3.36. The van der Waals surface area contributed by atoms with Gasteiger partial charge in [-0.25, -0.2) is 18.1 Å². The molecule has 0 saturated heterocycles. The molecule has 0 aliphatic heterocycles. The van der Waals surface area contributed by atoms with Gasteiger partial charge in [0.1, 0.15) is 9.77 Å². The van der Waals surface area contributed by atoms with Gasteiger partial charge in [-0.05, 0) is 6.92 Å². The van der Waals surface area contributed by atoms with Crippen LogP contribution in [0, 0.1) is 6.92 Å². The van der Waals surface area contributed by atoms with Crippen LogP contribution >= 0.6 is 11.3 Å². The van der Waals surface area contributed by atoms with E-state index < -0.39 is 15.9 Å². The Balaban J connectivity index is 2.28. The predicted octanol–water partition coefficient (Wildman–Crippen LogP) is 1.60. The average molecular weight is 342 g/mol. The van der Waals surface area contributed by atoms with Gasteiger partial charge in [-0.3, -0.25) is 9.48 Å². The molecule has 1 N–H and O–H groups in total. The van der Waals surface area contributed by atoms with Crippen molar-refractivity contribution in [3.8, 4) is 0 Å². The normalized spacial score (nSPS) is 12.4. The third-order valence-corrected chi connectivity index (χ3v) is 5.73. The van der Waals surface area contributed by atoms with E-state index in [0.717, 1.165) is 5.01 Å². The zero-order valence-corrected chi connectivity index (χ0v) is 14.7. The number of amides is 1. The molecular formula is C13H18N4O3S2. The molecule has 0 atom stereocenters. The minimum atomic E-state index is -3.93. The van der Waals surface area contributed by atoms with Crippen molar-refractivity contribution < 1.29 is 13.2 Å². The molecule has 0 fully saturated rings. The molecule has 0 aromatic carbocycles. The largest absolute Gasteiger partial charge is 0.277 e. The number of aryl methyl sites for hydroxylation is 2. The fourth-order valence-electron chi connectivity index (χ4n) is 1.69. The molecule has 9 heteroatoms. The number of hydrogen-bond donors (Lipinski definition) is 1. The molecule has 0 saturated carbocycles. The standard InChI is InChI=1S/C13H18N4O3S2/c1-8-10(21-12(15-8)13(2,3)4)11(18)16-22(19,20)9-6-14-17(5)7-9/h6-7H,1-5H3,(H,16,18). The number of carbonyl (C=O) groups is 1. The van der Waals surface area contributed by atoms with E-state index in [-0.39, 0.29) is 10.3 Å². The molecule has 0 unspecified atom stereocenters. The van der Waals surface area contributed by atoms with Crippen LogP contribution in [0.4, 0.5) is 0 Å². The molecule has 0 radical (unpaired) electrons. The van der Waals surface area contributed by atoms with Crippen molar-refractivity contribution in [3.05, 3.63) is 28.0 Å². The lowest BCUT2D eigenvalue weighted by Crippen LogP contribution is -2.30. The monoisotopic (exact) mass is 342 g/mol. The Bertz CT molecular complexity index is 813. The summed E-state index contributed by atoms with van der Waals surface area (Å²) in [5.41, 5.74) is 0.324. The van der Waals surface area contributed by atoms with Gasteiger partial charge in [-0.2, -0.15) is 5.10 Å². The highest BCUT2D eigenvalue weighted by atomic mass is 32.2. The van der Waals surface area contributed by atoms with Crippen LogP contribution < -0.4 is 4.72 Å². The summed E-state index contributed by atoms with van der Waals surface area (Å²) in [5, 5.41) is 4.58. The van der Waals surface area contributed by atoms with E-state index in [1.165, 1.54) is 28.4 Å². The Kier molecular flexibility index (Phi) is 4.14. The summed E-state index contributed by atoms with van der Waals surface area (Å²) in [4.78, 5) is 16.9. The number of rotatable bonds is 3. The van der Waals surface area contributed by atoms with Crippen LogP contribution in [0.3, 0.4) is 0 Å². The Morgan fingerprint density at radius 1 is 1.36 bits per heavy atom. The first kappa shape index (κ1) is 16.6. The van der Waals surface area contributed by atoms with Crippen LogP contribution in [0.2, 0.25) is 0 Å². The number of nitrogens with zero attached hydrogens (tertiary/aromatic N) is 3. The lowest BCUT2D eigenvalue weighted by molar-refractivity contribution is 0.0984. The van der Waals surface area contributed by atoms with Gasteiger partial charge >= 0.3 is 0 Å². The number of carbonyl (C=O) groups excluding carboxylic acids is 1. The molecule has 22 heavy (non-hydrogen) atoms. The lowest BCUT2D eigenvalue weighted by atomic mass is 9.98. The van der Waals surface area contributed by atoms with Gasteiger partial charge in [0.15, 0.2) is 0 Å². The van der Waals surface area contributed by atoms with E-state index in [1.54, 1.807) is 14.0 Å². The molecule has 1 amide bonds. The molecule has 0 bridgehead atoms. The van der Waals surface area contributed by atoms with Crippen LogP contribution in [0.25, 0.3) is 0 Å². The highest BCUT2D eigenvalue weighted by Gasteiger charge is 2.26. The van der Waals surface area contributed by atoms with Gasteiger partial charge in [-0.15, -0.1) is 11.3 Å². The van der Waals surface area contributed by atoms with Crippen LogP contribution in [-0.4, -0.2) is 29.1 Å². The van der Waals surface area contributed by atoms with E-state index >= 15 is 0 Å². The van der Waals surface area contributed by atoms with E-state index in [0.29, 0.717) is 10.6 Å². The lowest BCUT2D eigenvalue weighted by Gasteiger charge is -2.13. The van der Waals surface area contributed by atoms with Crippen molar-refractivity contribution in [2.24, 2.45) is 7.05 Å². The molecule has 120 valence electrons. The first-order valence-electron chi connectivity index (χ1n) is 6.54. The smallest absolute Gasteiger partial charge is 0.274 e. The van der Waals surface area contributed by atoms with Gasteiger partial charge < -0.3 is 0 Å². The SMILES string of the molecule is Cc1nc(C(C)(C)C)sc1C(=O)NS(=O)(=O)c1cnn(C)c1. The first-order chi connectivity index (χ1) is 10.0. The molecule has 2 rings (SSSR count). The molecule has 2 aromatic heterocycles. The minimum absolute atomic E-state index is 0.0541. The fourth-order valence-corrected chi connectivity index (χ4v) is 3.72. The number of sulfonamides is 1. The summed E-state index contributed by atoms with van der Waals surface area (Å²) in [6, 6.07) is 0. The molecule has 2 aromatic rings. The van der Waals surface area contributed by atoms with Crippen LogP contribution in [0.15, 0.2) is 17.3 Å². The van der Waals surface area contributed by atoms with Crippen molar-refractivity contribution in [1.29, 1.82) is 0 Å². The zero-order valence-electron chi connectivity index (χ0n) is 13.0. The summed E-state index contributed by atoms with van der Waals surface area (Å²) in [7, 11) is -2.33. The third-order valence-electron chi connectivity index (χ3n) is 2.86. The van der Waals surface area contributed by atoms with Crippen molar-refractivity contribution >= 4 is 27.3 Å². The van der Waals surface area contributed by atoms with Gasteiger partial charge in [-0.1, -0.05) is 20.8 Å². The van der Waals surface area contributed by atoms with Crippen LogP contribution in [0.5, 0.6) is 0 Å². The minimum Gasteiger partial charge on any atom is -0.274 e. The topological polar surface area (TPSA) is 93.9 Å². The quantitative estimate of drug-likeness (QED) is 0.914. The van der Waals surface area contributed by atoms with Crippen LogP contribution in [0.1, 0.15) is 41.1 Å². The Morgan fingerprint density at radius 2 is 2.00 bits per heavy atom. The first-order valence-corrected chi connectivity index (χ1v) is 8.84. The van der Waals surface area contributed by atoms with Crippen molar-refractivity contribution in [3.63, 3.8) is 0 Å². The number of hydrogen-bond acceptors (Lipinski definition) is 6. The van der Waals surface area contributed by atoms with Crippen molar-refractivity contribution in [2.45, 2.75) is 38.0 Å². The number of aromatic nitrogens is 3. The summed E-state index contributed by atoms with van der Waals surface area (Å²) < 4.78 is 27.7. The molecule has 0 aliphatic rings. The van der Waals surface area contributed by atoms with E-state index in [9.17, 15) is 13.2 Å². The van der Waals surface area contributed by atoms with E-state index in [1.807, 2.05) is 20.8 Å². The number of thiazole rings is 1. The summed E-state index contributed by atoms with van der Waals surface area (Å²) in [5.74, 6) is -0.672. The second-order valence-corrected chi connectivity index (χ2v) is 8.65. The van der Waals surface area contributed by atoms with E-state index in [4.69, 9.17) is 0 Å². The highest BCUT2D eigenvalue weighted by molar-refractivity contribution is 7.90. The second kappa shape index (κ2) is 5.47. The zero-order chi connectivity index (χ0) is 16.7. The molecule has 7 nitrogen and oxygen atoms in total. The molecule has 0 spiro atoms. The summed E-state index contributed by atoms with van der Waals surface area (Å²) >= 11 is 1.21. The molecular weight excluding hydrogens is 324 g/mol. The van der Waals surface area contributed by atoms with Crippen LogP contribution in [-0.2, 0) is 22.5 Å². The average Bonchev–Trinajstić information content (AvgIpc) is 2.94. The highest BCUT2D eigenvalue weighted by Crippen LogP contribution is 2.29. The Labute approximate surface area is 133 Å². The maximum absolute atomic E-state index is 12.3. The molecule has 0 aliphatic carbocycles. The van der Waals surface area contributed by atoms with Gasteiger partial charge in [0.2, 0.25) is 0 Å². The predicted molar refractivity (Wildman–Crippen MR) is 83.4 cm³/mol. The second-order valence-electron chi connectivity index (χ2n) is 5.97. The Hall–Kier alpha value is -1.74.